The summed E-state index contributed by atoms with van der Waals surface area (Å²) in [6.45, 7) is 6.56. The summed E-state index contributed by atoms with van der Waals surface area (Å²) < 4.78 is 0. The molecule has 1 fully saturated rings. The Morgan fingerprint density at radius 1 is 1.37 bits per heavy atom. The number of aliphatic hydroxyl groups is 1. The van der Waals surface area contributed by atoms with Crippen molar-refractivity contribution in [3.8, 4) is 0 Å². The molecule has 6 nitrogen and oxygen atoms in total. The van der Waals surface area contributed by atoms with E-state index < -0.39 is 11.5 Å². The first-order chi connectivity index (χ1) is 8.75. The Hall–Kier alpha value is -1.30. The van der Waals surface area contributed by atoms with Crippen LogP contribution in [0.15, 0.2) is 0 Å². The Morgan fingerprint density at radius 2 is 2.00 bits per heavy atom. The van der Waals surface area contributed by atoms with Crippen LogP contribution in [-0.4, -0.2) is 63.8 Å². The molecule has 0 saturated carbocycles. The lowest BCUT2D eigenvalue weighted by Gasteiger charge is -2.37. The van der Waals surface area contributed by atoms with Crippen molar-refractivity contribution >= 4 is 12.0 Å². The van der Waals surface area contributed by atoms with Gasteiger partial charge < -0.3 is 20.0 Å². The summed E-state index contributed by atoms with van der Waals surface area (Å²) in [5, 5.41) is 17.8. The molecule has 1 aliphatic heterocycles. The standard InChI is InChI=1S/C13H24N2O4/c1-13(2,3)15(9-11(17)18)12(19)14-6-4-10(8-14)5-7-16/h10,16H,4-9H2,1-3H3,(H,17,18). The van der Waals surface area contributed by atoms with E-state index in [1.807, 2.05) is 20.8 Å². The Morgan fingerprint density at radius 3 is 2.47 bits per heavy atom. The fraction of sp³-hybridized carbons (Fsp3) is 0.846. The number of nitrogens with zero attached hydrogens (tertiary/aromatic N) is 2. The van der Waals surface area contributed by atoms with E-state index in [9.17, 15) is 9.59 Å². The van der Waals surface area contributed by atoms with Gasteiger partial charge in [0.2, 0.25) is 0 Å². The van der Waals surface area contributed by atoms with Crippen LogP contribution in [0.5, 0.6) is 0 Å². The molecule has 0 aromatic heterocycles. The molecule has 2 amide bonds. The highest BCUT2D eigenvalue weighted by Crippen LogP contribution is 2.23. The van der Waals surface area contributed by atoms with Gasteiger partial charge in [0.1, 0.15) is 6.54 Å². The molecule has 1 unspecified atom stereocenters. The van der Waals surface area contributed by atoms with Crippen LogP contribution in [0.3, 0.4) is 0 Å². The quantitative estimate of drug-likeness (QED) is 0.800. The van der Waals surface area contributed by atoms with Gasteiger partial charge in [-0.3, -0.25) is 4.79 Å². The molecule has 0 aromatic rings. The number of carbonyl (C=O) groups is 2. The molecule has 0 aliphatic carbocycles. The Kier molecular flexibility index (Phi) is 5.17. The summed E-state index contributed by atoms with van der Waals surface area (Å²) in [4.78, 5) is 26.4. The lowest BCUT2D eigenvalue weighted by Crippen LogP contribution is -2.53. The van der Waals surface area contributed by atoms with Crippen molar-refractivity contribution in [3.05, 3.63) is 0 Å². The van der Waals surface area contributed by atoms with Crippen molar-refractivity contribution in [1.82, 2.24) is 9.80 Å². The zero-order valence-electron chi connectivity index (χ0n) is 11.9. The number of carboxylic acid groups (broad SMARTS) is 1. The summed E-state index contributed by atoms with van der Waals surface area (Å²) in [5.74, 6) is -0.685. The van der Waals surface area contributed by atoms with Crippen molar-refractivity contribution in [3.63, 3.8) is 0 Å². The summed E-state index contributed by atoms with van der Waals surface area (Å²) in [6.07, 6.45) is 1.57. The maximum atomic E-state index is 12.4. The topological polar surface area (TPSA) is 81.1 Å². The average Bonchev–Trinajstić information content (AvgIpc) is 2.72. The Labute approximate surface area is 114 Å². The smallest absolute Gasteiger partial charge is 0.323 e. The monoisotopic (exact) mass is 272 g/mol. The molecule has 0 spiro atoms. The minimum absolute atomic E-state index is 0.130. The molecule has 2 N–H and O–H groups in total. The molecule has 0 bridgehead atoms. The third-order valence-corrected chi connectivity index (χ3v) is 3.43. The van der Waals surface area contributed by atoms with Gasteiger partial charge in [-0.1, -0.05) is 0 Å². The number of likely N-dealkylation sites (tertiary alicyclic amines) is 1. The summed E-state index contributed by atoms with van der Waals surface area (Å²) in [6, 6.07) is -0.227. The van der Waals surface area contributed by atoms with Crippen molar-refractivity contribution in [2.24, 2.45) is 5.92 Å². The first-order valence-electron chi connectivity index (χ1n) is 6.65. The fourth-order valence-corrected chi connectivity index (χ4v) is 2.32. The number of aliphatic carboxylic acids is 1. The van der Waals surface area contributed by atoms with Crippen LogP contribution in [0.25, 0.3) is 0 Å². The molecule has 0 radical (unpaired) electrons. The zero-order valence-corrected chi connectivity index (χ0v) is 11.9. The highest BCUT2D eigenvalue weighted by atomic mass is 16.4. The molecular formula is C13H24N2O4. The van der Waals surface area contributed by atoms with Crippen LogP contribution < -0.4 is 0 Å². The number of carboxylic acids is 1. The number of urea groups is 1. The van der Waals surface area contributed by atoms with Crippen molar-refractivity contribution in [2.75, 3.05) is 26.2 Å². The second-order valence-corrected chi connectivity index (χ2v) is 6.05. The predicted octanol–water partition coefficient (Wildman–Crippen LogP) is 0.996. The summed E-state index contributed by atoms with van der Waals surface area (Å²) in [5.41, 5.74) is -0.523. The van der Waals surface area contributed by atoms with Gasteiger partial charge in [0.05, 0.1) is 0 Å². The first-order valence-corrected chi connectivity index (χ1v) is 6.65. The van der Waals surface area contributed by atoms with Crippen molar-refractivity contribution in [2.45, 2.75) is 39.2 Å². The van der Waals surface area contributed by atoms with Gasteiger partial charge in [-0.2, -0.15) is 0 Å². The second kappa shape index (κ2) is 6.23. The van der Waals surface area contributed by atoms with Gasteiger partial charge in [-0.15, -0.1) is 0 Å². The summed E-state index contributed by atoms with van der Waals surface area (Å²) >= 11 is 0. The molecule has 0 aromatic carbocycles. The van der Waals surface area contributed by atoms with Crippen LogP contribution in [-0.2, 0) is 4.79 Å². The molecule has 110 valence electrons. The lowest BCUT2D eigenvalue weighted by atomic mass is 10.1. The van der Waals surface area contributed by atoms with E-state index in [2.05, 4.69) is 0 Å². The van der Waals surface area contributed by atoms with E-state index >= 15 is 0 Å². The Bertz CT molecular complexity index is 338. The number of hydrogen-bond acceptors (Lipinski definition) is 3. The molecule has 1 rings (SSSR count). The van der Waals surface area contributed by atoms with E-state index in [0.29, 0.717) is 25.4 Å². The molecule has 1 atom stereocenters. The Balaban J connectivity index is 2.70. The third kappa shape index (κ3) is 4.38. The number of aliphatic hydroxyl groups excluding tert-OH is 1. The van der Waals surface area contributed by atoms with Gasteiger partial charge in [0.15, 0.2) is 0 Å². The fourth-order valence-electron chi connectivity index (χ4n) is 2.32. The first kappa shape index (κ1) is 15.8. The van der Waals surface area contributed by atoms with Gasteiger partial charge in [-0.05, 0) is 39.5 Å². The molecule has 19 heavy (non-hydrogen) atoms. The maximum absolute atomic E-state index is 12.4. The molecule has 1 saturated heterocycles. The minimum atomic E-state index is -1.01. The molecule has 6 heteroatoms. The minimum Gasteiger partial charge on any atom is -0.480 e. The number of amides is 2. The molecular weight excluding hydrogens is 248 g/mol. The number of hydrogen-bond donors (Lipinski definition) is 2. The molecule has 1 heterocycles. The van der Waals surface area contributed by atoms with Crippen molar-refractivity contribution in [1.29, 1.82) is 0 Å². The van der Waals surface area contributed by atoms with Gasteiger partial charge in [0, 0.05) is 25.2 Å². The number of carbonyl (C=O) groups excluding carboxylic acids is 1. The SMILES string of the molecule is CC(C)(C)N(CC(=O)O)C(=O)N1CCC(CCO)C1. The van der Waals surface area contributed by atoms with E-state index in [-0.39, 0.29) is 19.2 Å². The van der Waals surface area contributed by atoms with Crippen molar-refractivity contribution < 1.29 is 19.8 Å². The maximum Gasteiger partial charge on any atom is 0.323 e. The van der Waals surface area contributed by atoms with Gasteiger partial charge in [-0.25, -0.2) is 4.79 Å². The molecule has 1 aliphatic rings. The normalized spacial score (nSPS) is 19.6. The zero-order chi connectivity index (χ0) is 14.6. The van der Waals surface area contributed by atoms with Crippen LogP contribution in [0.1, 0.15) is 33.6 Å². The number of rotatable bonds is 4. The average molecular weight is 272 g/mol. The van der Waals surface area contributed by atoms with Gasteiger partial charge in [0.25, 0.3) is 0 Å². The van der Waals surface area contributed by atoms with E-state index in [0.717, 1.165) is 6.42 Å². The van der Waals surface area contributed by atoms with Crippen LogP contribution in [0.4, 0.5) is 4.79 Å². The van der Waals surface area contributed by atoms with Crippen LogP contribution >= 0.6 is 0 Å². The van der Waals surface area contributed by atoms with Crippen LogP contribution in [0.2, 0.25) is 0 Å². The second-order valence-electron chi connectivity index (χ2n) is 6.05. The predicted molar refractivity (Wildman–Crippen MR) is 70.9 cm³/mol. The van der Waals surface area contributed by atoms with E-state index in [4.69, 9.17) is 10.2 Å². The van der Waals surface area contributed by atoms with E-state index in [1.54, 1.807) is 4.90 Å². The highest BCUT2D eigenvalue weighted by molar-refractivity contribution is 5.81. The largest absolute Gasteiger partial charge is 0.480 e. The van der Waals surface area contributed by atoms with E-state index in [1.165, 1.54) is 4.90 Å². The summed E-state index contributed by atoms with van der Waals surface area (Å²) in [7, 11) is 0. The lowest BCUT2D eigenvalue weighted by molar-refractivity contribution is -0.138. The highest BCUT2D eigenvalue weighted by Gasteiger charge is 2.34. The van der Waals surface area contributed by atoms with Gasteiger partial charge >= 0.3 is 12.0 Å². The van der Waals surface area contributed by atoms with Crippen LogP contribution in [0, 0.1) is 5.92 Å². The third-order valence-electron chi connectivity index (χ3n) is 3.43.